The number of hydrogen-bond donors (Lipinski definition) is 1. The second-order valence-electron chi connectivity index (χ2n) is 9.54. The Kier molecular flexibility index (Phi) is 11.1. The molecule has 2 amide bonds. The Morgan fingerprint density at radius 2 is 1.68 bits per heavy atom. The fraction of sp³-hybridized carbons (Fsp3) is 0.333. The molecule has 0 unspecified atom stereocenters. The molecule has 214 valence electrons. The molecule has 0 bridgehead atoms. The first-order valence-corrected chi connectivity index (χ1v) is 15.3. The van der Waals surface area contributed by atoms with Gasteiger partial charge >= 0.3 is 0 Å². The van der Waals surface area contributed by atoms with Crippen LogP contribution in [0.2, 0.25) is 5.02 Å². The standard InChI is InChI=1S/C30H35ClFN3O4S/c1-4-33-30(37)28(20-23-12-6-5-7-13-23)34(21-24-14-8-9-16-26(24)32)29(36)18-11-19-35(40(3,38)39)27-17-10-15-25(31)22(27)2/h5-10,12-17,28H,4,11,18-21H2,1-3H3,(H,33,37)/t28-/m0/s1. The molecule has 1 atom stereocenters. The molecule has 3 aromatic rings. The van der Waals surface area contributed by atoms with Crippen LogP contribution >= 0.6 is 11.6 Å². The molecule has 10 heteroatoms. The topological polar surface area (TPSA) is 86.8 Å². The van der Waals surface area contributed by atoms with Crippen LogP contribution in [0, 0.1) is 12.7 Å². The highest BCUT2D eigenvalue weighted by molar-refractivity contribution is 7.92. The largest absolute Gasteiger partial charge is 0.355 e. The van der Waals surface area contributed by atoms with E-state index >= 15 is 0 Å². The third-order valence-corrected chi connectivity index (χ3v) is 8.17. The predicted octanol–water partition coefficient (Wildman–Crippen LogP) is 5.11. The van der Waals surface area contributed by atoms with Crippen LogP contribution in [0.5, 0.6) is 0 Å². The second kappa shape index (κ2) is 14.3. The van der Waals surface area contributed by atoms with E-state index in [4.69, 9.17) is 11.6 Å². The van der Waals surface area contributed by atoms with Gasteiger partial charge in [0, 0.05) is 43.1 Å². The number of anilines is 1. The molecule has 0 aliphatic carbocycles. The highest BCUT2D eigenvalue weighted by Crippen LogP contribution is 2.28. The predicted molar refractivity (Wildman–Crippen MR) is 157 cm³/mol. The Balaban J connectivity index is 1.89. The number of benzene rings is 3. The summed E-state index contributed by atoms with van der Waals surface area (Å²) in [4.78, 5) is 28.4. The van der Waals surface area contributed by atoms with Crippen LogP contribution in [0.1, 0.15) is 36.5 Å². The van der Waals surface area contributed by atoms with Crippen LogP contribution in [0.4, 0.5) is 10.1 Å². The molecule has 0 aliphatic heterocycles. The van der Waals surface area contributed by atoms with E-state index in [-0.39, 0.29) is 49.7 Å². The van der Waals surface area contributed by atoms with Gasteiger partial charge in [-0.1, -0.05) is 66.2 Å². The van der Waals surface area contributed by atoms with E-state index in [0.29, 0.717) is 22.8 Å². The van der Waals surface area contributed by atoms with Crippen molar-refractivity contribution in [3.63, 3.8) is 0 Å². The van der Waals surface area contributed by atoms with Crippen molar-refractivity contribution < 1.29 is 22.4 Å². The van der Waals surface area contributed by atoms with Crippen LogP contribution in [0.15, 0.2) is 72.8 Å². The molecular formula is C30H35ClFN3O4S. The summed E-state index contributed by atoms with van der Waals surface area (Å²) in [5.41, 5.74) is 2.19. The maximum atomic E-state index is 14.7. The number of nitrogens with one attached hydrogen (secondary N) is 1. The molecule has 0 aromatic heterocycles. The molecule has 3 aromatic carbocycles. The molecule has 0 heterocycles. The van der Waals surface area contributed by atoms with Crippen molar-refractivity contribution in [3.05, 3.63) is 100 Å². The monoisotopic (exact) mass is 587 g/mol. The normalized spacial score (nSPS) is 12.0. The van der Waals surface area contributed by atoms with Gasteiger partial charge in [0.15, 0.2) is 0 Å². The van der Waals surface area contributed by atoms with Gasteiger partial charge in [0.25, 0.3) is 0 Å². The Morgan fingerprint density at radius 3 is 2.33 bits per heavy atom. The lowest BCUT2D eigenvalue weighted by atomic mass is 10.0. The lowest BCUT2D eigenvalue weighted by Crippen LogP contribution is -2.50. The third-order valence-electron chi connectivity index (χ3n) is 6.58. The van der Waals surface area contributed by atoms with Crippen LogP contribution in [-0.2, 0) is 32.6 Å². The molecule has 7 nitrogen and oxygen atoms in total. The van der Waals surface area contributed by atoms with Crippen LogP contribution in [-0.4, -0.2) is 50.5 Å². The van der Waals surface area contributed by atoms with Crippen molar-refractivity contribution in [1.82, 2.24) is 10.2 Å². The summed E-state index contributed by atoms with van der Waals surface area (Å²) in [5.74, 6) is -1.20. The second-order valence-corrected chi connectivity index (χ2v) is 11.8. The van der Waals surface area contributed by atoms with Gasteiger partial charge in [-0.25, -0.2) is 12.8 Å². The SMILES string of the molecule is CCNC(=O)[C@H](Cc1ccccc1)N(Cc1ccccc1F)C(=O)CCCN(c1cccc(Cl)c1C)S(C)(=O)=O. The van der Waals surface area contributed by atoms with E-state index in [1.807, 2.05) is 30.3 Å². The molecule has 0 fully saturated rings. The Hall–Kier alpha value is -3.43. The average molecular weight is 588 g/mol. The van der Waals surface area contributed by atoms with Crippen molar-refractivity contribution in [2.75, 3.05) is 23.7 Å². The summed E-state index contributed by atoms with van der Waals surface area (Å²) < 4.78 is 41.2. The minimum Gasteiger partial charge on any atom is -0.355 e. The Labute approximate surface area is 241 Å². The fourth-order valence-corrected chi connectivity index (χ4v) is 5.69. The van der Waals surface area contributed by atoms with Crippen molar-refractivity contribution in [1.29, 1.82) is 0 Å². The molecule has 1 N–H and O–H groups in total. The van der Waals surface area contributed by atoms with Crippen LogP contribution < -0.4 is 9.62 Å². The molecule has 40 heavy (non-hydrogen) atoms. The highest BCUT2D eigenvalue weighted by atomic mass is 35.5. The first kappa shape index (κ1) is 31.1. The van der Waals surface area contributed by atoms with Gasteiger partial charge in [-0.3, -0.25) is 13.9 Å². The first-order valence-electron chi connectivity index (χ1n) is 13.1. The third kappa shape index (κ3) is 8.29. The van der Waals surface area contributed by atoms with Gasteiger partial charge in [-0.15, -0.1) is 0 Å². The number of amides is 2. The fourth-order valence-electron chi connectivity index (χ4n) is 4.50. The number of hydrogen-bond acceptors (Lipinski definition) is 4. The minimum absolute atomic E-state index is 0.0315. The van der Waals surface area contributed by atoms with Crippen molar-refractivity contribution >= 4 is 39.1 Å². The van der Waals surface area contributed by atoms with E-state index in [0.717, 1.165) is 11.8 Å². The van der Waals surface area contributed by atoms with Crippen molar-refractivity contribution in [2.45, 2.75) is 45.7 Å². The summed E-state index contributed by atoms with van der Waals surface area (Å²) in [6, 6.07) is 19.6. The summed E-state index contributed by atoms with van der Waals surface area (Å²) in [5, 5.41) is 3.24. The molecule has 3 rings (SSSR count). The zero-order valence-electron chi connectivity index (χ0n) is 22.9. The van der Waals surface area contributed by atoms with E-state index in [1.54, 1.807) is 50.2 Å². The Morgan fingerprint density at radius 1 is 1.00 bits per heavy atom. The van der Waals surface area contributed by atoms with Gasteiger partial charge in [0.05, 0.1) is 11.9 Å². The quantitative estimate of drug-likeness (QED) is 0.301. The van der Waals surface area contributed by atoms with E-state index in [1.165, 1.54) is 15.3 Å². The summed E-state index contributed by atoms with van der Waals surface area (Å²) >= 11 is 6.23. The van der Waals surface area contributed by atoms with E-state index in [2.05, 4.69) is 5.32 Å². The molecule has 0 spiro atoms. The number of rotatable bonds is 13. The van der Waals surface area contributed by atoms with Crippen LogP contribution in [0.3, 0.4) is 0 Å². The average Bonchev–Trinajstić information content (AvgIpc) is 2.91. The summed E-state index contributed by atoms with van der Waals surface area (Å²) in [7, 11) is -3.67. The molecule has 0 saturated carbocycles. The Bertz CT molecular complexity index is 1420. The number of likely N-dealkylation sites (N-methyl/N-ethyl adjacent to an activating group) is 1. The lowest BCUT2D eigenvalue weighted by molar-refractivity contribution is -0.141. The van der Waals surface area contributed by atoms with Gasteiger partial charge in [0.2, 0.25) is 21.8 Å². The van der Waals surface area contributed by atoms with Crippen molar-refractivity contribution in [2.24, 2.45) is 0 Å². The molecule has 0 aliphatic rings. The first-order chi connectivity index (χ1) is 19.0. The number of carbonyl (C=O) groups is 2. The maximum Gasteiger partial charge on any atom is 0.243 e. The summed E-state index contributed by atoms with van der Waals surface area (Å²) in [6.07, 6.45) is 1.47. The van der Waals surface area contributed by atoms with Gasteiger partial charge in [-0.2, -0.15) is 0 Å². The van der Waals surface area contributed by atoms with Gasteiger partial charge in [-0.05, 0) is 49.6 Å². The zero-order valence-corrected chi connectivity index (χ0v) is 24.5. The zero-order chi connectivity index (χ0) is 29.3. The van der Waals surface area contributed by atoms with Gasteiger partial charge < -0.3 is 10.2 Å². The molecular weight excluding hydrogens is 553 g/mol. The van der Waals surface area contributed by atoms with E-state index in [9.17, 15) is 22.4 Å². The molecule has 0 saturated heterocycles. The van der Waals surface area contributed by atoms with Crippen LogP contribution in [0.25, 0.3) is 0 Å². The smallest absolute Gasteiger partial charge is 0.243 e. The number of nitrogens with zero attached hydrogens (tertiary/aromatic N) is 2. The number of halogens is 2. The molecule has 0 radical (unpaired) electrons. The van der Waals surface area contributed by atoms with Gasteiger partial charge in [0.1, 0.15) is 11.9 Å². The number of sulfonamides is 1. The van der Waals surface area contributed by atoms with Crippen molar-refractivity contribution in [3.8, 4) is 0 Å². The highest BCUT2D eigenvalue weighted by Gasteiger charge is 2.31. The van der Waals surface area contributed by atoms with E-state index < -0.39 is 21.9 Å². The maximum absolute atomic E-state index is 14.7. The minimum atomic E-state index is -3.67. The summed E-state index contributed by atoms with van der Waals surface area (Å²) in [6.45, 7) is 3.82. The lowest BCUT2D eigenvalue weighted by Gasteiger charge is -2.32. The number of carbonyl (C=O) groups excluding carboxylic acids is 2.